The van der Waals surface area contributed by atoms with Gasteiger partial charge in [-0.2, -0.15) is 0 Å². The Kier molecular flexibility index (Phi) is 0.279. The number of rotatable bonds is 0. The fourth-order valence-electron chi connectivity index (χ4n) is 0.1000. The summed E-state index contributed by atoms with van der Waals surface area (Å²) in [7, 11) is 2.11. The van der Waals surface area contributed by atoms with E-state index < -0.39 is 0 Å². The van der Waals surface area contributed by atoms with Crippen LogP contribution in [0.15, 0.2) is 0 Å². The molecule has 0 bridgehead atoms. The Morgan fingerprint density at radius 2 is 1.75 bits per heavy atom. The lowest BCUT2D eigenvalue weighted by atomic mass is 10.5. The molecule has 1 rings (SSSR count). The van der Waals surface area contributed by atoms with E-state index in [1.165, 1.54) is 13.1 Å². The third-order valence-corrected chi connectivity index (χ3v) is 0.671. The van der Waals surface area contributed by atoms with Gasteiger partial charge in [-0.3, -0.25) is 0 Å². The van der Waals surface area contributed by atoms with Gasteiger partial charge in [0.2, 0.25) is 0 Å². The molecule has 0 spiro atoms. The topological polar surface area (TPSA) is 3.01 Å². The van der Waals surface area contributed by atoms with E-state index in [-0.39, 0.29) is 0 Å². The zero-order valence-corrected chi connectivity index (χ0v) is 2.86. The predicted octanol–water partition coefficient (Wildman–Crippen LogP) is -1.15. The highest BCUT2D eigenvalue weighted by Crippen LogP contribution is 1.91. The largest absolute Gasteiger partial charge is 0.347 e. The van der Waals surface area contributed by atoms with E-state index in [0.29, 0.717) is 0 Å². The number of hydrogen-bond acceptors (Lipinski definition) is 1. The molecule has 0 saturated carbocycles. The molecule has 0 aromatic carbocycles. The molecule has 0 aromatic rings. The van der Waals surface area contributed by atoms with Crippen LogP contribution >= 0.6 is 0 Å². The van der Waals surface area contributed by atoms with Crippen LogP contribution in [0.3, 0.4) is 0 Å². The first-order chi connectivity index (χ1) is 1.89. The standard InChI is InChI=1S/C2H6BN/c3-4-1-2-4/h1-3H2. The van der Waals surface area contributed by atoms with Crippen LogP contribution in [0.2, 0.25) is 0 Å². The maximum Gasteiger partial charge on any atom is 0.185 e. The zero-order valence-electron chi connectivity index (χ0n) is 2.86. The summed E-state index contributed by atoms with van der Waals surface area (Å²) in [5, 5.41) is 0. The minimum atomic E-state index is 1.32. The molecule has 1 aliphatic heterocycles. The molecule has 0 unspecified atom stereocenters. The van der Waals surface area contributed by atoms with E-state index in [4.69, 9.17) is 0 Å². The third-order valence-electron chi connectivity index (χ3n) is 0.671. The lowest BCUT2D eigenvalue weighted by Crippen LogP contribution is -1.80. The second-order valence-corrected chi connectivity index (χ2v) is 1.30. The molecule has 1 fully saturated rings. The molecule has 1 aliphatic rings. The van der Waals surface area contributed by atoms with Gasteiger partial charge in [0, 0.05) is 0 Å². The minimum Gasteiger partial charge on any atom is -0.347 e. The first-order valence-corrected chi connectivity index (χ1v) is 1.58. The van der Waals surface area contributed by atoms with Gasteiger partial charge in [-0.05, 0) is 13.1 Å². The summed E-state index contributed by atoms with van der Waals surface area (Å²) in [5.41, 5.74) is 0. The van der Waals surface area contributed by atoms with Crippen LogP contribution in [-0.4, -0.2) is 25.9 Å². The molecule has 0 aliphatic carbocycles. The molecule has 4 heavy (non-hydrogen) atoms. The van der Waals surface area contributed by atoms with Gasteiger partial charge in [-0.25, -0.2) is 0 Å². The predicted molar refractivity (Wildman–Crippen MR) is 20.1 cm³/mol. The Balaban J connectivity index is 2.17. The Morgan fingerprint density at radius 1 is 1.50 bits per heavy atom. The van der Waals surface area contributed by atoms with Crippen LogP contribution in [-0.2, 0) is 0 Å². The minimum absolute atomic E-state index is 1.32. The molecule has 1 heterocycles. The molecule has 0 amide bonds. The highest BCUT2D eigenvalue weighted by atomic mass is 15.2. The average molecular weight is 54.9 g/mol. The maximum atomic E-state index is 2.25. The molecule has 0 radical (unpaired) electrons. The van der Waals surface area contributed by atoms with Crippen molar-refractivity contribution in [1.82, 2.24) is 4.81 Å². The maximum absolute atomic E-state index is 2.25. The quantitative estimate of drug-likeness (QED) is 0.249. The Hall–Kier alpha value is 0.0249. The van der Waals surface area contributed by atoms with E-state index in [1.54, 1.807) is 0 Å². The van der Waals surface area contributed by atoms with Crippen LogP contribution in [0.1, 0.15) is 0 Å². The van der Waals surface area contributed by atoms with E-state index in [1.807, 2.05) is 0 Å². The SMILES string of the molecule is BN1CC1. The lowest BCUT2D eigenvalue weighted by Gasteiger charge is -1.65. The van der Waals surface area contributed by atoms with Gasteiger partial charge in [-0.1, -0.05) is 0 Å². The normalized spacial score (nSPS) is 26.0. The lowest BCUT2D eigenvalue weighted by molar-refractivity contribution is 0.925. The second-order valence-electron chi connectivity index (χ2n) is 1.30. The fourth-order valence-corrected chi connectivity index (χ4v) is 0.1000. The molecular formula is C2H6BN. The van der Waals surface area contributed by atoms with Gasteiger partial charge in [0.25, 0.3) is 0 Å². The number of hydrogen-bond donors (Lipinski definition) is 0. The first kappa shape index (κ1) is 2.27. The number of nitrogens with zero attached hydrogens (tertiary/aromatic N) is 1. The van der Waals surface area contributed by atoms with Crippen molar-refractivity contribution in [3.05, 3.63) is 0 Å². The Bertz CT molecular complexity index is 25.2. The van der Waals surface area contributed by atoms with Crippen molar-refractivity contribution in [1.29, 1.82) is 0 Å². The van der Waals surface area contributed by atoms with Gasteiger partial charge in [0.15, 0.2) is 7.98 Å². The molecule has 0 atom stereocenters. The van der Waals surface area contributed by atoms with E-state index >= 15 is 0 Å². The van der Waals surface area contributed by atoms with Gasteiger partial charge in [0.1, 0.15) is 0 Å². The van der Waals surface area contributed by atoms with Crippen molar-refractivity contribution in [2.75, 3.05) is 13.1 Å². The summed E-state index contributed by atoms with van der Waals surface area (Å²) in [6.45, 7) is 2.64. The first-order valence-electron chi connectivity index (χ1n) is 1.58. The van der Waals surface area contributed by atoms with Gasteiger partial charge < -0.3 is 4.81 Å². The van der Waals surface area contributed by atoms with Crippen molar-refractivity contribution < 1.29 is 0 Å². The molecule has 1 saturated heterocycles. The van der Waals surface area contributed by atoms with Crippen LogP contribution in [0.5, 0.6) is 0 Å². The zero-order chi connectivity index (χ0) is 2.99. The van der Waals surface area contributed by atoms with E-state index in [9.17, 15) is 0 Å². The molecule has 1 nitrogen and oxygen atoms in total. The van der Waals surface area contributed by atoms with Gasteiger partial charge >= 0.3 is 0 Å². The van der Waals surface area contributed by atoms with Crippen molar-refractivity contribution in [2.45, 2.75) is 0 Å². The van der Waals surface area contributed by atoms with E-state index in [0.717, 1.165) is 0 Å². The average Bonchev–Trinajstić information content (AvgIpc) is 1.75. The Morgan fingerprint density at radius 3 is 1.75 bits per heavy atom. The highest BCUT2D eigenvalue weighted by Gasteiger charge is 2.06. The van der Waals surface area contributed by atoms with Crippen LogP contribution in [0.25, 0.3) is 0 Å². The van der Waals surface area contributed by atoms with Crippen molar-refractivity contribution in [3.8, 4) is 0 Å². The van der Waals surface area contributed by atoms with Crippen LogP contribution < -0.4 is 0 Å². The molecular weight excluding hydrogens is 48.8 g/mol. The molecule has 2 heteroatoms. The summed E-state index contributed by atoms with van der Waals surface area (Å²) in [5.74, 6) is 0. The van der Waals surface area contributed by atoms with Gasteiger partial charge in [-0.15, -0.1) is 0 Å². The third kappa shape index (κ3) is 0.232. The summed E-state index contributed by atoms with van der Waals surface area (Å²) in [4.78, 5) is 2.25. The second kappa shape index (κ2) is 0.491. The van der Waals surface area contributed by atoms with Gasteiger partial charge in [0.05, 0.1) is 0 Å². The highest BCUT2D eigenvalue weighted by molar-refractivity contribution is 6.05. The smallest absolute Gasteiger partial charge is 0.185 e. The van der Waals surface area contributed by atoms with Crippen molar-refractivity contribution in [3.63, 3.8) is 0 Å². The Labute approximate surface area is 27.0 Å². The fraction of sp³-hybridized carbons (Fsp3) is 1.00. The summed E-state index contributed by atoms with van der Waals surface area (Å²) >= 11 is 0. The molecule has 0 aromatic heterocycles. The summed E-state index contributed by atoms with van der Waals surface area (Å²) in [6, 6.07) is 0. The van der Waals surface area contributed by atoms with Crippen LogP contribution in [0.4, 0.5) is 0 Å². The van der Waals surface area contributed by atoms with Crippen molar-refractivity contribution in [2.24, 2.45) is 0 Å². The van der Waals surface area contributed by atoms with Crippen molar-refractivity contribution >= 4 is 7.98 Å². The monoisotopic (exact) mass is 55.1 g/mol. The van der Waals surface area contributed by atoms with Crippen LogP contribution in [0, 0.1) is 0 Å². The summed E-state index contributed by atoms with van der Waals surface area (Å²) in [6.07, 6.45) is 0. The molecule has 0 N–H and O–H groups in total. The summed E-state index contributed by atoms with van der Waals surface area (Å²) < 4.78 is 0. The van der Waals surface area contributed by atoms with E-state index in [2.05, 4.69) is 12.8 Å². The molecule has 22 valence electrons.